The van der Waals surface area contributed by atoms with Gasteiger partial charge < -0.3 is 14.2 Å². The number of hydrogen-bond acceptors (Lipinski definition) is 6. The van der Waals surface area contributed by atoms with Crippen LogP contribution in [-0.4, -0.2) is 37.2 Å². The van der Waals surface area contributed by atoms with Crippen LogP contribution in [0.5, 0.6) is 0 Å². The molecule has 0 bridgehead atoms. The first-order valence-corrected chi connectivity index (χ1v) is 32.0. The van der Waals surface area contributed by atoms with Gasteiger partial charge in [0, 0.05) is 19.3 Å². The van der Waals surface area contributed by atoms with Crippen molar-refractivity contribution in [3.05, 3.63) is 0 Å². The van der Waals surface area contributed by atoms with Crippen molar-refractivity contribution in [3.8, 4) is 0 Å². The monoisotopic (exact) mass is 989 g/mol. The first-order chi connectivity index (χ1) is 34.5. The number of carbonyl (C=O) groups excluding carboxylic acids is 3. The molecular weight excluding hydrogens is 865 g/mol. The predicted octanol–water partition coefficient (Wildman–Crippen LogP) is 21.5. The molecule has 70 heavy (non-hydrogen) atoms. The molecule has 0 amide bonds. The quantitative estimate of drug-likeness (QED) is 0.0343. The molecular formula is C64H124O6. The molecule has 0 aliphatic heterocycles. The van der Waals surface area contributed by atoms with Gasteiger partial charge >= 0.3 is 17.9 Å². The van der Waals surface area contributed by atoms with Gasteiger partial charge in [0.2, 0.25) is 0 Å². The summed E-state index contributed by atoms with van der Waals surface area (Å²) in [5.74, 6) is -0.824. The fraction of sp³-hybridized carbons (Fsp3) is 0.953. The molecule has 416 valence electrons. The summed E-state index contributed by atoms with van der Waals surface area (Å²) in [6.45, 7) is 6.73. The number of hydrogen-bond donors (Lipinski definition) is 0. The Hall–Kier alpha value is -1.59. The van der Waals surface area contributed by atoms with Crippen LogP contribution < -0.4 is 0 Å². The van der Waals surface area contributed by atoms with E-state index < -0.39 is 6.10 Å². The van der Waals surface area contributed by atoms with Crippen molar-refractivity contribution in [2.75, 3.05) is 13.2 Å². The van der Waals surface area contributed by atoms with Crippen LogP contribution in [0.2, 0.25) is 0 Å². The maximum atomic E-state index is 12.9. The Balaban J connectivity index is 4.26. The van der Waals surface area contributed by atoms with Crippen molar-refractivity contribution in [2.24, 2.45) is 0 Å². The van der Waals surface area contributed by atoms with E-state index in [2.05, 4.69) is 20.8 Å². The zero-order valence-electron chi connectivity index (χ0n) is 47.8. The van der Waals surface area contributed by atoms with E-state index in [9.17, 15) is 14.4 Å². The second kappa shape index (κ2) is 60.0. The van der Waals surface area contributed by atoms with Crippen molar-refractivity contribution < 1.29 is 28.6 Å². The normalized spacial score (nSPS) is 11.9. The largest absolute Gasteiger partial charge is 0.462 e. The Morgan fingerprint density at radius 2 is 0.386 bits per heavy atom. The van der Waals surface area contributed by atoms with Crippen LogP contribution in [0, 0.1) is 0 Å². The third kappa shape index (κ3) is 57.3. The zero-order valence-corrected chi connectivity index (χ0v) is 47.8. The van der Waals surface area contributed by atoms with Crippen molar-refractivity contribution in [1.29, 1.82) is 0 Å². The van der Waals surface area contributed by atoms with Crippen molar-refractivity contribution in [3.63, 3.8) is 0 Å². The van der Waals surface area contributed by atoms with Crippen molar-refractivity contribution in [1.82, 2.24) is 0 Å². The van der Waals surface area contributed by atoms with Gasteiger partial charge in [-0.05, 0) is 19.3 Å². The van der Waals surface area contributed by atoms with E-state index in [1.165, 1.54) is 276 Å². The van der Waals surface area contributed by atoms with E-state index in [1.807, 2.05) is 0 Å². The van der Waals surface area contributed by atoms with Crippen LogP contribution in [0.1, 0.15) is 374 Å². The average molecular weight is 990 g/mol. The van der Waals surface area contributed by atoms with Crippen LogP contribution >= 0.6 is 0 Å². The Morgan fingerprint density at radius 1 is 0.229 bits per heavy atom. The lowest BCUT2D eigenvalue weighted by Gasteiger charge is -2.18. The minimum atomic E-state index is -0.762. The standard InChI is InChI=1S/C64H124O6/c1-4-7-10-13-16-19-22-25-28-30-32-34-36-39-42-45-48-51-54-57-63(66)69-60-61(59-68-62(65)56-53-50-47-44-41-38-27-24-21-18-15-12-9-6-3)70-64(67)58-55-52-49-46-43-40-37-35-33-31-29-26-23-20-17-14-11-8-5-2/h61H,4-60H2,1-3H3/t61-/m0/s1. The molecule has 1 atom stereocenters. The van der Waals surface area contributed by atoms with Gasteiger partial charge in [-0.15, -0.1) is 0 Å². The van der Waals surface area contributed by atoms with E-state index in [1.54, 1.807) is 0 Å². The van der Waals surface area contributed by atoms with E-state index in [4.69, 9.17) is 14.2 Å². The summed E-state index contributed by atoms with van der Waals surface area (Å²) in [7, 11) is 0. The lowest BCUT2D eigenvalue weighted by Crippen LogP contribution is -2.30. The smallest absolute Gasteiger partial charge is 0.306 e. The number of carbonyl (C=O) groups is 3. The molecule has 0 unspecified atom stereocenters. The summed E-state index contributed by atoms with van der Waals surface area (Å²) in [6, 6.07) is 0. The van der Waals surface area contributed by atoms with E-state index in [-0.39, 0.29) is 31.1 Å². The van der Waals surface area contributed by atoms with Crippen LogP contribution in [0.25, 0.3) is 0 Å². The third-order valence-corrected chi connectivity index (χ3v) is 14.9. The number of ether oxygens (including phenoxy) is 3. The molecule has 0 heterocycles. The van der Waals surface area contributed by atoms with Gasteiger partial charge in [-0.1, -0.05) is 335 Å². The fourth-order valence-electron chi connectivity index (χ4n) is 10.0. The summed E-state index contributed by atoms with van der Waals surface area (Å²) in [4.78, 5) is 38.3. The lowest BCUT2D eigenvalue weighted by molar-refractivity contribution is -0.167. The maximum absolute atomic E-state index is 12.9. The van der Waals surface area contributed by atoms with Gasteiger partial charge in [-0.25, -0.2) is 0 Å². The van der Waals surface area contributed by atoms with E-state index in [0.29, 0.717) is 19.3 Å². The zero-order chi connectivity index (χ0) is 50.7. The fourth-order valence-corrected chi connectivity index (χ4v) is 10.0. The van der Waals surface area contributed by atoms with Crippen LogP contribution in [0.3, 0.4) is 0 Å². The molecule has 0 aromatic heterocycles. The molecule has 0 saturated heterocycles. The molecule has 0 aliphatic rings. The Kier molecular flexibility index (Phi) is 58.6. The highest BCUT2D eigenvalue weighted by Gasteiger charge is 2.19. The minimum Gasteiger partial charge on any atom is -0.462 e. The third-order valence-electron chi connectivity index (χ3n) is 14.9. The average Bonchev–Trinajstić information content (AvgIpc) is 3.36. The number of unbranched alkanes of at least 4 members (excludes halogenated alkanes) is 49. The first kappa shape index (κ1) is 68.4. The number of rotatable bonds is 60. The summed E-state index contributed by atoms with van der Waals surface area (Å²) in [6.07, 6.45) is 68.2. The first-order valence-electron chi connectivity index (χ1n) is 32.0. The number of esters is 3. The molecule has 6 nitrogen and oxygen atoms in total. The Labute approximate surface area is 438 Å². The molecule has 0 aliphatic carbocycles. The Bertz CT molecular complexity index is 1040. The van der Waals surface area contributed by atoms with Gasteiger partial charge in [0.1, 0.15) is 13.2 Å². The molecule has 0 aromatic rings. The molecule has 0 N–H and O–H groups in total. The highest BCUT2D eigenvalue weighted by Crippen LogP contribution is 2.19. The Morgan fingerprint density at radius 3 is 0.571 bits per heavy atom. The predicted molar refractivity (Wildman–Crippen MR) is 303 cm³/mol. The van der Waals surface area contributed by atoms with Gasteiger partial charge in [-0.3, -0.25) is 14.4 Å². The van der Waals surface area contributed by atoms with Crippen LogP contribution in [-0.2, 0) is 28.6 Å². The molecule has 6 heteroatoms. The molecule has 0 rings (SSSR count). The topological polar surface area (TPSA) is 78.9 Å². The van der Waals surface area contributed by atoms with Crippen molar-refractivity contribution in [2.45, 2.75) is 380 Å². The highest BCUT2D eigenvalue weighted by molar-refractivity contribution is 5.71. The molecule has 0 radical (unpaired) electrons. The van der Waals surface area contributed by atoms with Gasteiger partial charge in [0.25, 0.3) is 0 Å². The summed E-state index contributed by atoms with van der Waals surface area (Å²) >= 11 is 0. The van der Waals surface area contributed by atoms with E-state index in [0.717, 1.165) is 57.8 Å². The second-order valence-electron chi connectivity index (χ2n) is 22.1. The van der Waals surface area contributed by atoms with Crippen LogP contribution in [0.4, 0.5) is 0 Å². The molecule has 0 aromatic carbocycles. The summed E-state index contributed by atoms with van der Waals surface area (Å²) < 4.78 is 17.0. The second-order valence-corrected chi connectivity index (χ2v) is 22.1. The van der Waals surface area contributed by atoms with Gasteiger partial charge in [0.15, 0.2) is 6.10 Å². The lowest BCUT2D eigenvalue weighted by atomic mass is 10.0. The minimum absolute atomic E-state index is 0.0605. The molecule has 0 fully saturated rings. The summed E-state index contributed by atoms with van der Waals surface area (Å²) in [5.41, 5.74) is 0. The molecule has 0 saturated carbocycles. The molecule has 0 spiro atoms. The maximum Gasteiger partial charge on any atom is 0.306 e. The van der Waals surface area contributed by atoms with Gasteiger partial charge in [-0.2, -0.15) is 0 Å². The summed E-state index contributed by atoms with van der Waals surface area (Å²) in [5, 5.41) is 0. The SMILES string of the molecule is CCCCCCCCCCCCCCCCCCCCCC(=O)OC[C@H](COC(=O)CCCCCCCCCCCCCCCC)OC(=O)CCCCCCCCCCCCCCCCCCCCC. The van der Waals surface area contributed by atoms with Crippen molar-refractivity contribution >= 4 is 17.9 Å². The van der Waals surface area contributed by atoms with E-state index >= 15 is 0 Å². The van der Waals surface area contributed by atoms with Gasteiger partial charge in [0.05, 0.1) is 0 Å². The highest BCUT2D eigenvalue weighted by atomic mass is 16.6. The van der Waals surface area contributed by atoms with Crippen LogP contribution in [0.15, 0.2) is 0 Å².